The Balaban J connectivity index is 1.93. The smallest absolute Gasteiger partial charge is 0.120 e. The molecule has 0 amide bonds. The van der Waals surface area contributed by atoms with E-state index in [1.165, 1.54) is 11.1 Å². The molecule has 0 fully saturated rings. The first-order valence-corrected chi connectivity index (χ1v) is 8.51. The third kappa shape index (κ3) is 4.93. The molecule has 0 aliphatic heterocycles. The van der Waals surface area contributed by atoms with Crippen LogP contribution in [0, 0.1) is 5.92 Å². The summed E-state index contributed by atoms with van der Waals surface area (Å²) in [7, 11) is 0. The topological polar surface area (TPSA) is 21.3 Å². The van der Waals surface area contributed by atoms with E-state index < -0.39 is 0 Å². The van der Waals surface area contributed by atoms with Gasteiger partial charge in [-0.05, 0) is 58.6 Å². The number of hydrogen-bond acceptors (Lipinski definition) is 3. The first-order chi connectivity index (χ1) is 9.65. The van der Waals surface area contributed by atoms with Gasteiger partial charge < -0.3 is 10.1 Å². The van der Waals surface area contributed by atoms with Crippen LogP contribution in [0.15, 0.2) is 39.5 Å². The predicted molar refractivity (Wildman–Crippen MR) is 89.3 cm³/mol. The number of nitrogens with one attached hydrogen (secondary N) is 1. The van der Waals surface area contributed by atoms with E-state index in [0.29, 0.717) is 12.5 Å². The van der Waals surface area contributed by atoms with Crippen molar-refractivity contribution in [2.75, 3.05) is 6.54 Å². The molecule has 0 unspecified atom stereocenters. The highest BCUT2D eigenvalue weighted by Gasteiger charge is 2.04. The van der Waals surface area contributed by atoms with Crippen molar-refractivity contribution in [2.24, 2.45) is 5.92 Å². The molecule has 0 radical (unpaired) electrons. The highest BCUT2D eigenvalue weighted by Crippen LogP contribution is 2.23. The Labute approximate surface area is 133 Å². The van der Waals surface area contributed by atoms with Crippen molar-refractivity contribution >= 4 is 27.3 Å². The van der Waals surface area contributed by atoms with Crippen LogP contribution in [-0.4, -0.2) is 6.54 Å². The summed E-state index contributed by atoms with van der Waals surface area (Å²) in [6.07, 6.45) is 0. The Morgan fingerprint density at radius 2 is 2.15 bits per heavy atom. The molecule has 1 N–H and O–H groups in total. The van der Waals surface area contributed by atoms with Crippen LogP contribution in [0.1, 0.15) is 25.0 Å². The number of halogens is 1. The molecule has 0 bridgehead atoms. The van der Waals surface area contributed by atoms with Crippen LogP contribution >= 0.6 is 27.3 Å². The third-order valence-corrected chi connectivity index (χ3v) is 4.38. The molecule has 2 aromatic rings. The van der Waals surface area contributed by atoms with Crippen molar-refractivity contribution in [3.8, 4) is 5.75 Å². The Morgan fingerprint density at radius 1 is 1.30 bits per heavy atom. The molecule has 1 heterocycles. The van der Waals surface area contributed by atoms with E-state index in [-0.39, 0.29) is 0 Å². The molecule has 0 saturated carbocycles. The van der Waals surface area contributed by atoms with Crippen molar-refractivity contribution in [3.05, 3.63) is 50.6 Å². The summed E-state index contributed by atoms with van der Waals surface area (Å²) in [6, 6.07) is 8.25. The fourth-order valence-corrected chi connectivity index (χ4v) is 2.85. The monoisotopic (exact) mass is 353 g/mol. The lowest BCUT2D eigenvalue weighted by Crippen LogP contribution is -2.19. The fourth-order valence-electron chi connectivity index (χ4n) is 1.81. The predicted octanol–water partition coefficient (Wildman–Crippen LogP) is 4.84. The van der Waals surface area contributed by atoms with Crippen LogP contribution in [0.2, 0.25) is 0 Å². The first kappa shape index (κ1) is 15.5. The number of benzene rings is 1. The molecular weight excluding hydrogens is 334 g/mol. The molecular formula is C16H20BrNOS. The molecule has 108 valence electrons. The maximum absolute atomic E-state index is 5.83. The van der Waals surface area contributed by atoms with Gasteiger partial charge in [0.25, 0.3) is 0 Å². The van der Waals surface area contributed by atoms with Crippen molar-refractivity contribution in [1.82, 2.24) is 5.32 Å². The number of hydrogen-bond donors (Lipinski definition) is 1. The van der Waals surface area contributed by atoms with Crippen LogP contribution in [0.5, 0.6) is 5.75 Å². The molecule has 0 aliphatic rings. The minimum atomic E-state index is 0.629. The number of rotatable bonds is 7. The van der Waals surface area contributed by atoms with Crippen LogP contribution in [0.3, 0.4) is 0 Å². The van der Waals surface area contributed by atoms with Crippen molar-refractivity contribution in [2.45, 2.75) is 27.0 Å². The zero-order chi connectivity index (χ0) is 14.4. The summed E-state index contributed by atoms with van der Waals surface area (Å²) in [6.45, 7) is 6.93. The Morgan fingerprint density at radius 3 is 2.85 bits per heavy atom. The zero-order valence-corrected chi connectivity index (χ0v) is 14.3. The van der Waals surface area contributed by atoms with E-state index in [9.17, 15) is 0 Å². The second-order valence-corrected chi connectivity index (χ2v) is 6.83. The highest BCUT2D eigenvalue weighted by atomic mass is 79.9. The van der Waals surface area contributed by atoms with Gasteiger partial charge >= 0.3 is 0 Å². The van der Waals surface area contributed by atoms with Crippen LogP contribution in [0.25, 0.3) is 0 Å². The quantitative estimate of drug-likeness (QED) is 0.769. The van der Waals surface area contributed by atoms with E-state index in [0.717, 1.165) is 23.3 Å². The SMILES string of the molecule is CC(C)CNCc1cc(OCc2ccsc2)ccc1Br. The Hall–Kier alpha value is -0.840. The van der Waals surface area contributed by atoms with Crippen molar-refractivity contribution < 1.29 is 4.74 Å². The minimum Gasteiger partial charge on any atom is -0.489 e. The van der Waals surface area contributed by atoms with Gasteiger partial charge in [-0.15, -0.1) is 0 Å². The van der Waals surface area contributed by atoms with E-state index in [2.05, 4.69) is 64.1 Å². The lowest BCUT2D eigenvalue weighted by atomic mass is 10.2. The third-order valence-electron chi connectivity index (χ3n) is 2.87. The molecule has 1 aromatic heterocycles. The second kappa shape index (κ2) is 7.81. The van der Waals surface area contributed by atoms with Crippen LogP contribution < -0.4 is 10.1 Å². The molecule has 20 heavy (non-hydrogen) atoms. The zero-order valence-electron chi connectivity index (χ0n) is 11.9. The lowest BCUT2D eigenvalue weighted by Gasteiger charge is -2.11. The Kier molecular flexibility index (Phi) is 6.07. The van der Waals surface area contributed by atoms with Crippen LogP contribution in [0.4, 0.5) is 0 Å². The average Bonchev–Trinajstić information content (AvgIpc) is 2.92. The van der Waals surface area contributed by atoms with Gasteiger partial charge in [-0.3, -0.25) is 0 Å². The highest BCUT2D eigenvalue weighted by molar-refractivity contribution is 9.10. The molecule has 0 aliphatic carbocycles. The Bertz CT molecular complexity index is 525. The molecule has 0 atom stereocenters. The van der Waals surface area contributed by atoms with Crippen LogP contribution in [-0.2, 0) is 13.2 Å². The molecule has 4 heteroatoms. The molecule has 0 spiro atoms. The van der Waals surface area contributed by atoms with Gasteiger partial charge in [-0.2, -0.15) is 11.3 Å². The molecule has 2 rings (SSSR count). The van der Waals surface area contributed by atoms with E-state index in [4.69, 9.17) is 4.74 Å². The average molecular weight is 354 g/mol. The summed E-state index contributed by atoms with van der Waals surface area (Å²) < 4.78 is 6.95. The number of thiophene rings is 1. The van der Waals surface area contributed by atoms with Gasteiger partial charge in [-0.1, -0.05) is 29.8 Å². The van der Waals surface area contributed by atoms with Crippen molar-refractivity contribution in [3.63, 3.8) is 0 Å². The lowest BCUT2D eigenvalue weighted by molar-refractivity contribution is 0.306. The summed E-state index contributed by atoms with van der Waals surface area (Å²) >= 11 is 5.29. The van der Waals surface area contributed by atoms with E-state index >= 15 is 0 Å². The molecule has 0 saturated heterocycles. The summed E-state index contributed by atoms with van der Waals surface area (Å²) in [4.78, 5) is 0. The maximum Gasteiger partial charge on any atom is 0.120 e. The minimum absolute atomic E-state index is 0.629. The van der Waals surface area contributed by atoms with Gasteiger partial charge in [0.1, 0.15) is 12.4 Å². The standard InChI is InChI=1S/C16H20BrNOS/c1-12(2)8-18-9-14-7-15(3-4-16(14)17)19-10-13-5-6-20-11-13/h3-7,11-12,18H,8-10H2,1-2H3. The van der Waals surface area contributed by atoms with E-state index in [1.807, 2.05) is 6.07 Å². The van der Waals surface area contributed by atoms with Gasteiger partial charge in [0, 0.05) is 11.0 Å². The summed E-state index contributed by atoms with van der Waals surface area (Å²) in [5.74, 6) is 1.58. The van der Waals surface area contributed by atoms with Gasteiger partial charge in [0.15, 0.2) is 0 Å². The van der Waals surface area contributed by atoms with Gasteiger partial charge in [-0.25, -0.2) is 0 Å². The summed E-state index contributed by atoms with van der Waals surface area (Å²) in [5.41, 5.74) is 2.45. The maximum atomic E-state index is 5.83. The normalized spacial score (nSPS) is 11.0. The van der Waals surface area contributed by atoms with Crippen molar-refractivity contribution in [1.29, 1.82) is 0 Å². The summed E-state index contributed by atoms with van der Waals surface area (Å²) in [5, 5.41) is 7.64. The second-order valence-electron chi connectivity index (χ2n) is 5.20. The van der Waals surface area contributed by atoms with Gasteiger partial charge in [0.2, 0.25) is 0 Å². The molecule has 2 nitrogen and oxygen atoms in total. The first-order valence-electron chi connectivity index (χ1n) is 6.78. The molecule has 1 aromatic carbocycles. The largest absolute Gasteiger partial charge is 0.489 e. The van der Waals surface area contributed by atoms with Gasteiger partial charge in [0.05, 0.1) is 0 Å². The van der Waals surface area contributed by atoms with E-state index in [1.54, 1.807) is 11.3 Å². The fraction of sp³-hybridized carbons (Fsp3) is 0.375. The number of ether oxygens (including phenoxy) is 1.